The highest BCUT2D eigenvalue weighted by atomic mass is 16.5. The molecule has 4 nitrogen and oxygen atoms in total. The van der Waals surface area contributed by atoms with Crippen LogP contribution in [0, 0.1) is 0 Å². The molecule has 0 unspecified atom stereocenters. The molecule has 0 aromatic rings. The van der Waals surface area contributed by atoms with Crippen LogP contribution in [0.2, 0.25) is 0 Å². The third-order valence-electron chi connectivity index (χ3n) is 1.93. The van der Waals surface area contributed by atoms with Crippen molar-refractivity contribution in [1.82, 2.24) is 10.2 Å². The zero-order valence-corrected chi connectivity index (χ0v) is 9.51. The van der Waals surface area contributed by atoms with Crippen molar-refractivity contribution in [3.63, 3.8) is 0 Å². The van der Waals surface area contributed by atoms with Gasteiger partial charge in [-0.1, -0.05) is 6.92 Å². The van der Waals surface area contributed by atoms with Crippen LogP contribution in [0.15, 0.2) is 0 Å². The summed E-state index contributed by atoms with van der Waals surface area (Å²) in [6.45, 7) is 4.92. The van der Waals surface area contributed by atoms with E-state index in [9.17, 15) is 4.79 Å². The van der Waals surface area contributed by atoms with Crippen LogP contribution in [0.25, 0.3) is 0 Å². The molecule has 84 valence electrons. The van der Waals surface area contributed by atoms with Crippen LogP contribution in [0.5, 0.6) is 0 Å². The molecule has 0 radical (unpaired) electrons. The van der Waals surface area contributed by atoms with Crippen molar-refractivity contribution in [2.24, 2.45) is 0 Å². The lowest BCUT2D eigenvalue weighted by Crippen LogP contribution is -2.33. The summed E-state index contributed by atoms with van der Waals surface area (Å²) in [7, 11) is 3.70. The summed E-state index contributed by atoms with van der Waals surface area (Å²) < 4.78 is 5.24. The van der Waals surface area contributed by atoms with Crippen LogP contribution >= 0.6 is 0 Å². The average Bonchev–Trinajstić information content (AvgIpc) is 2.20. The molecule has 0 saturated heterocycles. The molecule has 1 amide bonds. The topological polar surface area (TPSA) is 41.6 Å². The van der Waals surface area contributed by atoms with Gasteiger partial charge in [0, 0.05) is 26.7 Å². The average molecular weight is 202 g/mol. The summed E-state index contributed by atoms with van der Waals surface area (Å²) in [5.41, 5.74) is 0. The molecule has 1 N–H and O–H groups in total. The van der Waals surface area contributed by atoms with E-state index < -0.39 is 0 Å². The Labute approximate surface area is 86.6 Å². The third kappa shape index (κ3) is 6.86. The summed E-state index contributed by atoms with van der Waals surface area (Å²) in [5.74, 6) is 0.149. The minimum absolute atomic E-state index is 0.149. The molecule has 0 saturated carbocycles. The number of hydrogen-bond acceptors (Lipinski definition) is 3. The molecular formula is C10H22N2O2. The van der Waals surface area contributed by atoms with Crippen molar-refractivity contribution in [2.45, 2.75) is 19.8 Å². The molecular weight excluding hydrogens is 180 g/mol. The predicted octanol–water partition coefficient (Wildman–Crippen LogP) is 0.481. The van der Waals surface area contributed by atoms with Crippen molar-refractivity contribution in [1.29, 1.82) is 0 Å². The van der Waals surface area contributed by atoms with Crippen LogP contribution < -0.4 is 5.32 Å². The van der Waals surface area contributed by atoms with Crippen molar-refractivity contribution in [2.75, 3.05) is 40.4 Å². The van der Waals surface area contributed by atoms with E-state index >= 15 is 0 Å². The fourth-order valence-corrected chi connectivity index (χ4v) is 1.00. The van der Waals surface area contributed by atoms with Gasteiger partial charge in [0.2, 0.25) is 5.91 Å². The number of hydrogen-bond donors (Lipinski definition) is 1. The van der Waals surface area contributed by atoms with Gasteiger partial charge in [0.1, 0.15) is 0 Å². The Morgan fingerprint density at radius 2 is 2.14 bits per heavy atom. The summed E-state index contributed by atoms with van der Waals surface area (Å²) in [6.07, 6.45) is 1.49. The van der Waals surface area contributed by atoms with Gasteiger partial charge in [-0.3, -0.25) is 4.79 Å². The number of amides is 1. The first-order valence-corrected chi connectivity index (χ1v) is 5.18. The van der Waals surface area contributed by atoms with E-state index in [1.807, 2.05) is 14.1 Å². The van der Waals surface area contributed by atoms with Gasteiger partial charge in [0.05, 0.1) is 13.0 Å². The van der Waals surface area contributed by atoms with E-state index in [4.69, 9.17) is 4.74 Å². The van der Waals surface area contributed by atoms with Gasteiger partial charge in [0.15, 0.2) is 0 Å². The second kappa shape index (κ2) is 8.97. The van der Waals surface area contributed by atoms with Gasteiger partial charge in [-0.15, -0.1) is 0 Å². The van der Waals surface area contributed by atoms with Crippen LogP contribution in [-0.4, -0.2) is 51.2 Å². The largest absolute Gasteiger partial charge is 0.381 e. The number of carbonyl (C=O) groups excluding carboxylic acids is 1. The Morgan fingerprint density at radius 3 is 2.71 bits per heavy atom. The molecule has 0 fully saturated rings. The quantitative estimate of drug-likeness (QED) is 0.582. The van der Waals surface area contributed by atoms with E-state index in [0.717, 1.165) is 26.1 Å². The molecule has 0 bridgehead atoms. The zero-order valence-electron chi connectivity index (χ0n) is 9.51. The SMILES string of the molecule is CCCOCCC(=O)N(C)CCNC. The summed E-state index contributed by atoms with van der Waals surface area (Å²) in [6, 6.07) is 0. The minimum atomic E-state index is 0.149. The van der Waals surface area contributed by atoms with Gasteiger partial charge in [0.25, 0.3) is 0 Å². The van der Waals surface area contributed by atoms with E-state index in [1.165, 1.54) is 0 Å². The van der Waals surface area contributed by atoms with E-state index in [1.54, 1.807) is 4.90 Å². The van der Waals surface area contributed by atoms with Crippen LogP contribution in [0.1, 0.15) is 19.8 Å². The lowest BCUT2D eigenvalue weighted by atomic mass is 10.4. The minimum Gasteiger partial charge on any atom is -0.381 e. The number of likely N-dealkylation sites (N-methyl/N-ethyl adjacent to an activating group) is 2. The molecule has 0 aliphatic carbocycles. The molecule has 0 aliphatic rings. The van der Waals surface area contributed by atoms with Gasteiger partial charge < -0.3 is 15.0 Å². The Bertz CT molecular complexity index is 151. The predicted molar refractivity (Wildman–Crippen MR) is 57.3 cm³/mol. The van der Waals surface area contributed by atoms with Gasteiger partial charge in [-0.25, -0.2) is 0 Å². The summed E-state index contributed by atoms with van der Waals surface area (Å²) in [4.78, 5) is 13.2. The summed E-state index contributed by atoms with van der Waals surface area (Å²) in [5, 5.41) is 3.00. The van der Waals surface area contributed by atoms with Crippen molar-refractivity contribution < 1.29 is 9.53 Å². The normalized spacial score (nSPS) is 10.2. The molecule has 0 aliphatic heterocycles. The third-order valence-corrected chi connectivity index (χ3v) is 1.93. The molecule has 0 aromatic carbocycles. The maximum absolute atomic E-state index is 11.4. The molecule has 4 heteroatoms. The van der Waals surface area contributed by atoms with Gasteiger partial charge in [-0.2, -0.15) is 0 Å². The molecule has 0 atom stereocenters. The highest BCUT2D eigenvalue weighted by molar-refractivity contribution is 5.75. The monoisotopic (exact) mass is 202 g/mol. The van der Waals surface area contributed by atoms with Crippen molar-refractivity contribution in [3.05, 3.63) is 0 Å². The summed E-state index contributed by atoms with van der Waals surface area (Å²) >= 11 is 0. The number of nitrogens with zero attached hydrogens (tertiary/aromatic N) is 1. The molecule has 0 aromatic heterocycles. The Balaban J connectivity index is 3.42. The first-order chi connectivity index (χ1) is 6.72. The van der Waals surface area contributed by atoms with Crippen molar-refractivity contribution in [3.8, 4) is 0 Å². The number of carbonyl (C=O) groups is 1. The van der Waals surface area contributed by atoms with Crippen LogP contribution in [0.4, 0.5) is 0 Å². The van der Waals surface area contributed by atoms with Crippen LogP contribution in [0.3, 0.4) is 0 Å². The first-order valence-electron chi connectivity index (χ1n) is 5.18. The first kappa shape index (κ1) is 13.4. The Morgan fingerprint density at radius 1 is 1.43 bits per heavy atom. The van der Waals surface area contributed by atoms with E-state index in [0.29, 0.717) is 13.0 Å². The fourth-order valence-electron chi connectivity index (χ4n) is 1.00. The molecule has 0 heterocycles. The number of ether oxygens (including phenoxy) is 1. The number of nitrogens with one attached hydrogen (secondary N) is 1. The number of rotatable bonds is 8. The van der Waals surface area contributed by atoms with Gasteiger partial charge >= 0.3 is 0 Å². The standard InChI is InChI=1S/C10H22N2O2/c1-4-8-14-9-5-10(13)12(3)7-6-11-2/h11H,4-9H2,1-3H3. The second-order valence-corrected chi connectivity index (χ2v) is 3.28. The highest BCUT2D eigenvalue weighted by Crippen LogP contribution is 1.92. The maximum atomic E-state index is 11.4. The lowest BCUT2D eigenvalue weighted by molar-refractivity contribution is -0.130. The lowest BCUT2D eigenvalue weighted by Gasteiger charge is -2.16. The Kier molecular flexibility index (Phi) is 8.57. The molecule has 0 spiro atoms. The molecule has 0 rings (SSSR count). The Hall–Kier alpha value is -0.610. The highest BCUT2D eigenvalue weighted by Gasteiger charge is 2.06. The molecule has 14 heavy (non-hydrogen) atoms. The zero-order chi connectivity index (χ0) is 10.8. The fraction of sp³-hybridized carbons (Fsp3) is 0.900. The maximum Gasteiger partial charge on any atom is 0.224 e. The smallest absolute Gasteiger partial charge is 0.224 e. The second-order valence-electron chi connectivity index (χ2n) is 3.28. The van der Waals surface area contributed by atoms with Gasteiger partial charge in [-0.05, 0) is 13.5 Å². The van der Waals surface area contributed by atoms with Crippen molar-refractivity contribution >= 4 is 5.91 Å². The van der Waals surface area contributed by atoms with E-state index in [2.05, 4.69) is 12.2 Å². The van der Waals surface area contributed by atoms with Crippen LogP contribution in [-0.2, 0) is 9.53 Å². The van der Waals surface area contributed by atoms with E-state index in [-0.39, 0.29) is 5.91 Å².